The van der Waals surface area contributed by atoms with Gasteiger partial charge in [0.25, 0.3) is 0 Å². The highest BCUT2D eigenvalue weighted by molar-refractivity contribution is 9.10. The maximum atomic E-state index is 12.9. The third-order valence-corrected chi connectivity index (χ3v) is 2.69. The first-order chi connectivity index (χ1) is 8.25. The number of carbonyl (C=O) groups excluding carboxylic acids is 1. The highest BCUT2D eigenvalue weighted by Gasteiger charge is 2.35. The topological polar surface area (TPSA) is 91.7 Å². The number of carboxylic acids is 2. The molecule has 1 rings (SSSR count). The monoisotopic (exact) mass is 322 g/mol. The van der Waals surface area contributed by atoms with Crippen LogP contribution in [0.3, 0.4) is 0 Å². The number of hydrogen-bond acceptors (Lipinski definition) is 3. The summed E-state index contributed by atoms with van der Waals surface area (Å²) >= 11 is 2.74. The summed E-state index contributed by atoms with van der Waals surface area (Å²) in [5, 5.41) is 17.2. The molecular weight excluding hydrogens is 318 g/mol. The van der Waals surface area contributed by atoms with Gasteiger partial charge in [-0.25, -0.2) is 8.78 Å². The molecule has 8 heteroatoms. The van der Waals surface area contributed by atoms with Crippen molar-refractivity contribution in [3.05, 3.63) is 33.8 Å². The zero-order chi connectivity index (χ0) is 14.0. The van der Waals surface area contributed by atoms with Gasteiger partial charge in [-0.3, -0.25) is 14.4 Å². The van der Waals surface area contributed by atoms with Gasteiger partial charge in [0.05, 0.1) is 0 Å². The van der Waals surface area contributed by atoms with Crippen molar-refractivity contribution in [2.75, 3.05) is 0 Å². The van der Waals surface area contributed by atoms with E-state index in [1.54, 1.807) is 0 Å². The van der Waals surface area contributed by atoms with Crippen molar-refractivity contribution in [2.24, 2.45) is 5.92 Å². The Morgan fingerprint density at radius 3 is 1.94 bits per heavy atom. The molecule has 0 radical (unpaired) electrons. The summed E-state index contributed by atoms with van der Waals surface area (Å²) in [6.45, 7) is 0. The van der Waals surface area contributed by atoms with Crippen molar-refractivity contribution in [3.8, 4) is 0 Å². The molecule has 0 amide bonds. The minimum absolute atomic E-state index is 0.223. The quantitative estimate of drug-likeness (QED) is 0.500. The first-order valence-corrected chi connectivity index (χ1v) is 5.19. The zero-order valence-corrected chi connectivity index (χ0v) is 10.1. The molecule has 0 atom stereocenters. The number of rotatable bonds is 4. The first-order valence-electron chi connectivity index (χ1n) is 4.40. The minimum Gasteiger partial charge on any atom is -0.480 e. The average Bonchev–Trinajstić information content (AvgIpc) is 2.22. The van der Waals surface area contributed by atoms with Gasteiger partial charge in [-0.15, -0.1) is 0 Å². The molecule has 0 fully saturated rings. The van der Waals surface area contributed by atoms with E-state index in [0.717, 1.165) is 0 Å². The van der Waals surface area contributed by atoms with Crippen LogP contribution in [0.2, 0.25) is 0 Å². The molecule has 0 spiro atoms. The molecule has 0 saturated heterocycles. The Balaban J connectivity index is 3.30. The van der Waals surface area contributed by atoms with E-state index in [-0.39, 0.29) is 4.47 Å². The van der Waals surface area contributed by atoms with Crippen molar-refractivity contribution >= 4 is 33.7 Å². The van der Waals surface area contributed by atoms with Gasteiger partial charge in [-0.05, 0) is 28.1 Å². The van der Waals surface area contributed by atoms with Gasteiger partial charge in [-0.1, -0.05) is 0 Å². The lowest BCUT2D eigenvalue weighted by Crippen LogP contribution is -2.32. The minimum atomic E-state index is -2.37. The van der Waals surface area contributed by atoms with E-state index in [2.05, 4.69) is 15.9 Å². The summed E-state index contributed by atoms with van der Waals surface area (Å²) in [4.78, 5) is 32.9. The molecule has 0 heterocycles. The largest absolute Gasteiger partial charge is 0.480 e. The summed E-state index contributed by atoms with van der Waals surface area (Å²) in [5.74, 6) is -10.1. The Morgan fingerprint density at radius 1 is 1.06 bits per heavy atom. The van der Waals surface area contributed by atoms with E-state index in [1.807, 2.05) is 0 Å². The fraction of sp³-hybridized carbons (Fsp3) is 0.100. The standard InChI is InChI=1S/C10H5BrF2O5/c11-4-2-6(13)5(12)1-3(4)8(14)7(9(15)16)10(17)18/h1-2,7H,(H,15,16)(H,17,18). The third kappa shape index (κ3) is 2.70. The van der Waals surface area contributed by atoms with Gasteiger partial charge in [0, 0.05) is 10.0 Å². The predicted molar refractivity (Wildman–Crippen MR) is 57.2 cm³/mol. The molecule has 5 nitrogen and oxygen atoms in total. The summed E-state index contributed by atoms with van der Waals surface area (Å²) in [6, 6.07) is 1.06. The number of ketones is 1. The van der Waals surface area contributed by atoms with Crippen LogP contribution in [-0.2, 0) is 9.59 Å². The zero-order valence-electron chi connectivity index (χ0n) is 8.49. The lowest BCUT2D eigenvalue weighted by atomic mass is 9.98. The van der Waals surface area contributed by atoms with Gasteiger partial charge in [0.2, 0.25) is 5.92 Å². The van der Waals surface area contributed by atoms with E-state index in [9.17, 15) is 23.2 Å². The first kappa shape index (κ1) is 14.2. The number of benzene rings is 1. The van der Waals surface area contributed by atoms with Crippen LogP contribution in [0.1, 0.15) is 10.4 Å². The number of carboxylic acid groups (broad SMARTS) is 2. The van der Waals surface area contributed by atoms with E-state index < -0.39 is 40.8 Å². The fourth-order valence-electron chi connectivity index (χ4n) is 1.20. The molecule has 0 bridgehead atoms. The van der Waals surface area contributed by atoms with Crippen molar-refractivity contribution in [2.45, 2.75) is 0 Å². The molecule has 0 aliphatic heterocycles. The summed E-state index contributed by atoms with van der Waals surface area (Å²) in [7, 11) is 0. The Kier molecular flexibility index (Phi) is 4.12. The molecule has 2 N–H and O–H groups in total. The second-order valence-corrected chi connectivity index (χ2v) is 4.07. The Labute approximate surface area is 107 Å². The van der Waals surface area contributed by atoms with Crippen LogP contribution in [-0.4, -0.2) is 27.9 Å². The van der Waals surface area contributed by atoms with Gasteiger partial charge in [-0.2, -0.15) is 0 Å². The van der Waals surface area contributed by atoms with Crippen LogP contribution in [0.15, 0.2) is 16.6 Å². The number of aliphatic carboxylic acids is 2. The van der Waals surface area contributed by atoms with E-state index in [0.29, 0.717) is 12.1 Å². The Morgan fingerprint density at radius 2 is 1.50 bits per heavy atom. The van der Waals surface area contributed by atoms with Crippen LogP contribution < -0.4 is 0 Å². The van der Waals surface area contributed by atoms with Crippen molar-refractivity contribution in [1.82, 2.24) is 0 Å². The normalized spacial score (nSPS) is 10.4. The molecule has 0 aromatic heterocycles. The molecule has 96 valence electrons. The van der Waals surface area contributed by atoms with Crippen LogP contribution >= 0.6 is 15.9 Å². The summed E-state index contributed by atoms with van der Waals surface area (Å²) < 4.78 is 25.5. The Hall–Kier alpha value is -1.83. The fourth-order valence-corrected chi connectivity index (χ4v) is 1.71. The van der Waals surface area contributed by atoms with Crippen molar-refractivity contribution in [3.63, 3.8) is 0 Å². The third-order valence-electron chi connectivity index (χ3n) is 2.03. The summed E-state index contributed by atoms with van der Waals surface area (Å²) in [5.41, 5.74) is -0.552. The molecule has 0 unspecified atom stereocenters. The van der Waals surface area contributed by atoms with E-state index >= 15 is 0 Å². The number of Topliss-reactive ketones (excluding diaryl/α,β-unsaturated/α-hetero) is 1. The van der Waals surface area contributed by atoms with Crippen molar-refractivity contribution in [1.29, 1.82) is 0 Å². The van der Waals surface area contributed by atoms with Gasteiger partial charge >= 0.3 is 11.9 Å². The molecule has 1 aromatic rings. The SMILES string of the molecule is O=C(O)C(C(=O)O)C(=O)c1cc(F)c(F)cc1Br. The molecule has 18 heavy (non-hydrogen) atoms. The molecule has 0 aliphatic rings. The second-order valence-electron chi connectivity index (χ2n) is 3.22. The van der Waals surface area contributed by atoms with Crippen LogP contribution in [0.5, 0.6) is 0 Å². The average molecular weight is 323 g/mol. The van der Waals surface area contributed by atoms with Crippen LogP contribution in [0.4, 0.5) is 8.78 Å². The van der Waals surface area contributed by atoms with Gasteiger partial charge < -0.3 is 10.2 Å². The predicted octanol–water partition coefficient (Wildman–Crippen LogP) is 1.70. The van der Waals surface area contributed by atoms with Gasteiger partial charge in [0.15, 0.2) is 17.4 Å². The van der Waals surface area contributed by atoms with Crippen LogP contribution in [0, 0.1) is 17.6 Å². The number of carbonyl (C=O) groups is 3. The molecule has 0 aliphatic carbocycles. The van der Waals surface area contributed by atoms with E-state index in [1.165, 1.54) is 0 Å². The maximum absolute atomic E-state index is 12.9. The molecule has 0 saturated carbocycles. The highest BCUT2D eigenvalue weighted by atomic mass is 79.9. The van der Waals surface area contributed by atoms with Gasteiger partial charge in [0.1, 0.15) is 0 Å². The lowest BCUT2D eigenvalue weighted by Gasteiger charge is -2.08. The second kappa shape index (κ2) is 5.21. The highest BCUT2D eigenvalue weighted by Crippen LogP contribution is 2.23. The molecular formula is C10H5BrF2O5. The number of hydrogen-bond donors (Lipinski definition) is 2. The maximum Gasteiger partial charge on any atom is 0.325 e. The van der Waals surface area contributed by atoms with E-state index in [4.69, 9.17) is 10.2 Å². The number of halogens is 3. The molecule has 1 aromatic carbocycles. The lowest BCUT2D eigenvalue weighted by molar-refractivity contribution is -0.151. The van der Waals surface area contributed by atoms with Crippen LogP contribution in [0.25, 0.3) is 0 Å². The summed E-state index contributed by atoms with van der Waals surface area (Å²) in [6.07, 6.45) is 0. The Bertz CT molecular complexity index is 529. The smallest absolute Gasteiger partial charge is 0.325 e. The van der Waals surface area contributed by atoms with Crippen molar-refractivity contribution < 1.29 is 33.4 Å².